The summed E-state index contributed by atoms with van der Waals surface area (Å²) < 4.78 is 2.27. The molecular weight excluding hydrogens is 246 g/mol. The Bertz CT molecular complexity index is 592. The predicted octanol–water partition coefficient (Wildman–Crippen LogP) is 4.46. The first-order chi connectivity index (χ1) is 9.69. The van der Waals surface area contributed by atoms with Crippen LogP contribution in [0.3, 0.4) is 0 Å². The SMILES string of the molecule is CCCC1CCC(n2c(N)nc3cc(C)ccc32)CC1. The lowest BCUT2D eigenvalue weighted by molar-refractivity contribution is 0.267. The first-order valence-electron chi connectivity index (χ1n) is 7.93. The van der Waals surface area contributed by atoms with Crippen molar-refractivity contribution in [2.24, 2.45) is 5.92 Å². The van der Waals surface area contributed by atoms with Gasteiger partial charge < -0.3 is 10.3 Å². The second-order valence-corrected chi connectivity index (χ2v) is 6.30. The third-order valence-corrected chi connectivity index (χ3v) is 4.75. The van der Waals surface area contributed by atoms with Crippen molar-refractivity contribution in [2.45, 2.75) is 58.4 Å². The molecule has 1 heterocycles. The molecule has 1 aromatic carbocycles. The minimum atomic E-state index is 0.538. The van der Waals surface area contributed by atoms with Gasteiger partial charge >= 0.3 is 0 Å². The number of aromatic nitrogens is 2. The molecule has 0 amide bonds. The summed E-state index contributed by atoms with van der Waals surface area (Å²) in [5.74, 6) is 1.61. The normalized spacial score (nSPS) is 23.3. The summed E-state index contributed by atoms with van der Waals surface area (Å²) in [5, 5.41) is 0. The predicted molar refractivity (Wildman–Crippen MR) is 84.8 cm³/mol. The molecule has 0 spiro atoms. The van der Waals surface area contributed by atoms with Crippen molar-refractivity contribution in [3.63, 3.8) is 0 Å². The average Bonchev–Trinajstić information content (AvgIpc) is 2.75. The van der Waals surface area contributed by atoms with Crippen molar-refractivity contribution in [3.8, 4) is 0 Å². The molecule has 3 rings (SSSR count). The molecule has 0 unspecified atom stereocenters. The third-order valence-electron chi connectivity index (χ3n) is 4.75. The van der Waals surface area contributed by atoms with Gasteiger partial charge in [0.1, 0.15) is 0 Å². The summed E-state index contributed by atoms with van der Waals surface area (Å²) in [7, 11) is 0. The molecule has 3 nitrogen and oxygen atoms in total. The van der Waals surface area contributed by atoms with Crippen molar-refractivity contribution < 1.29 is 0 Å². The molecule has 1 aliphatic rings. The van der Waals surface area contributed by atoms with Gasteiger partial charge in [0.05, 0.1) is 11.0 Å². The zero-order chi connectivity index (χ0) is 14.1. The van der Waals surface area contributed by atoms with E-state index in [0.717, 1.165) is 11.4 Å². The number of nitrogens with two attached hydrogens (primary N) is 1. The van der Waals surface area contributed by atoms with E-state index in [0.29, 0.717) is 12.0 Å². The second-order valence-electron chi connectivity index (χ2n) is 6.30. The van der Waals surface area contributed by atoms with E-state index in [2.05, 4.69) is 41.6 Å². The van der Waals surface area contributed by atoms with Gasteiger partial charge in [-0.25, -0.2) is 4.98 Å². The summed E-state index contributed by atoms with van der Waals surface area (Å²) >= 11 is 0. The molecule has 2 aromatic rings. The Morgan fingerprint density at radius 1 is 1.25 bits per heavy atom. The van der Waals surface area contributed by atoms with Crippen LogP contribution in [0.15, 0.2) is 18.2 Å². The summed E-state index contributed by atoms with van der Waals surface area (Å²) in [4.78, 5) is 4.55. The average molecular weight is 271 g/mol. The molecule has 0 saturated heterocycles. The van der Waals surface area contributed by atoms with E-state index in [-0.39, 0.29) is 0 Å². The van der Waals surface area contributed by atoms with Crippen LogP contribution in [-0.2, 0) is 0 Å². The van der Waals surface area contributed by atoms with Crippen molar-refractivity contribution in [3.05, 3.63) is 23.8 Å². The molecular formula is C17H25N3. The second kappa shape index (κ2) is 5.47. The van der Waals surface area contributed by atoms with Crippen LogP contribution in [0, 0.1) is 12.8 Å². The van der Waals surface area contributed by atoms with E-state index in [4.69, 9.17) is 5.73 Å². The van der Waals surface area contributed by atoms with E-state index >= 15 is 0 Å². The number of nitrogens with zero attached hydrogens (tertiary/aromatic N) is 2. The summed E-state index contributed by atoms with van der Waals surface area (Å²) in [6, 6.07) is 7.00. The van der Waals surface area contributed by atoms with Gasteiger partial charge in [-0.2, -0.15) is 0 Å². The molecule has 20 heavy (non-hydrogen) atoms. The Hall–Kier alpha value is -1.51. The molecule has 1 fully saturated rings. The first kappa shape index (κ1) is 13.5. The highest BCUT2D eigenvalue weighted by Crippen LogP contribution is 2.37. The molecule has 0 radical (unpaired) electrons. The Kier molecular flexibility index (Phi) is 3.68. The summed E-state index contributed by atoms with van der Waals surface area (Å²) in [6.45, 7) is 4.39. The molecule has 0 bridgehead atoms. The van der Waals surface area contributed by atoms with Gasteiger partial charge in [-0.3, -0.25) is 0 Å². The van der Waals surface area contributed by atoms with Gasteiger partial charge in [-0.15, -0.1) is 0 Å². The van der Waals surface area contributed by atoms with Gasteiger partial charge in [0.15, 0.2) is 0 Å². The number of benzene rings is 1. The molecule has 1 saturated carbocycles. The number of rotatable bonds is 3. The highest BCUT2D eigenvalue weighted by atomic mass is 15.2. The van der Waals surface area contributed by atoms with E-state index < -0.39 is 0 Å². The molecule has 0 aliphatic heterocycles. The summed E-state index contributed by atoms with van der Waals surface area (Å²) in [5.41, 5.74) is 9.66. The topological polar surface area (TPSA) is 43.8 Å². The van der Waals surface area contributed by atoms with E-state index in [1.807, 2.05) is 0 Å². The Morgan fingerprint density at radius 2 is 2.00 bits per heavy atom. The molecule has 1 aromatic heterocycles. The maximum atomic E-state index is 6.18. The van der Waals surface area contributed by atoms with E-state index in [1.54, 1.807) is 0 Å². The molecule has 2 N–H and O–H groups in total. The van der Waals surface area contributed by atoms with Gasteiger partial charge in [-0.1, -0.05) is 25.8 Å². The van der Waals surface area contributed by atoms with Crippen molar-refractivity contribution >= 4 is 17.0 Å². The standard InChI is InChI=1S/C17H25N3/c1-3-4-13-6-8-14(9-7-13)20-16-10-5-12(2)11-15(16)19-17(20)18/h5,10-11,13-14H,3-4,6-9H2,1-2H3,(H2,18,19). The smallest absolute Gasteiger partial charge is 0.201 e. The lowest BCUT2D eigenvalue weighted by Crippen LogP contribution is -2.19. The molecule has 3 heteroatoms. The fourth-order valence-corrected chi connectivity index (χ4v) is 3.71. The number of fused-ring (bicyclic) bond motifs is 1. The fourth-order valence-electron chi connectivity index (χ4n) is 3.71. The van der Waals surface area contributed by atoms with Gasteiger partial charge in [0.2, 0.25) is 5.95 Å². The Balaban J connectivity index is 1.86. The zero-order valence-corrected chi connectivity index (χ0v) is 12.6. The molecule has 0 atom stereocenters. The number of hydrogen-bond donors (Lipinski definition) is 1. The van der Waals surface area contributed by atoms with Crippen LogP contribution in [0.5, 0.6) is 0 Å². The zero-order valence-electron chi connectivity index (χ0n) is 12.6. The minimum absolute atomic E-state index is 0.538. The quantitative estimate of drug-likeness (QED) is 0.895. The number of imidazole rings is 1. The maximum absolute atomic E-state index is 6.18. The lowest BCUT2D eigenvalue weighted by Gasteiger charge is -2.30. The first-order valence-corrected chi connectivity index (χ1v) is 7.93. The van der Waals surface area contributed by atoms with Crippen LogP contribution in [0.25, 0.3) is 11.0 Å². The third kappa shape index (κ3) is 2.41. The molecule has 1 aliphatic carbocycles. The number of nitrogen functional groups attached to an aromatic ring is 1. The van der Waals surface area contributed by atoms with Crippen molar-refractivity contribution in [1.82, 2.24) is 9.55 Å². The van der Waals surface area contributed by atoms with Gasteiger partial charge in [-0.05, 0) is 56.2 Å². The minimum Gasteiger partial charge on any atom is -0.369 e. The van der Waals surface area contributed by atoms with Crippen molar-refractivity contribution in [1.29, 1.82) is 0 Å². The largest absolute Gasteiger partial charge is 0.369 e. The van der Waals surface area contributed by atoms with Crippen LogP contribution in [-0.4, -0.2) is 9.55 Å². The van der Waals surface area contributed by atoms with Crippen LogP contribution < -0.4 is 5.73 Å². The fraction of sp³-hybridized carbons (Fsp3) is 0.588. The Morgan fingerprint density at radius 3 is 2.70 bits per heavy atom. The van der Waals surface area contributed by atoms with E-state index in [9.17, 15) is 0 Å². The van der Waals surface area contributed by atoms with Crippen LogP contribution >= 0.6 is 0 Å². The number of anilines is 1. The van der Waals surface area contributed by atoms with Crippen molar-refractivity contribution in [2.75, 3.05) is 5.73 Å². The van der Waals surface area contributed by atoms with Crippen LogP contribution in [0.2, 0.25) is 0 Å². The summed E-state index contributed by atoms with van der Waals surface area (Å²) in [6.07, 6.45) is 7.85. The highest BCUT2D eigenvalue weighted by Gasteiger charge is 2.24. The monoisotopic (exact) mass is 271 g/mol. The Labute approximate surface area is 121 Å². The maximum Gasteiger partial charge on any atom is 0.201 e. The molecule has 108 valence electrons. The van der Waals surface area contributed by atoms with Gasteiger partial charge in [0.25, 0.3) is 0 Å². The highest BCUT2D eigenvalue weighted by molar-refractivity contribution is 5.79. The van der Waals surface area contributed by atoms with Crippen LogP contribution in [0.4, 0.5) is 5.95 Å². The number of hydrogen-bond acceptors (Lipinski definition) is 2. The van der Waals surface area contributed by atoms with Gasteiger partial charge in [0, 0.05) is 6.04 Å². The van der Waals surface area contributed by atoms with Crippen LogP contribution in [0.1, 0.15) is 57.1 Å². The lowest BCUT2D eigenvalue weighted by atomic mass is 9.83. The van der Waals surface area contributed by atoms with E-state index in [1.165, 1.54) is 49.6 Å². The number of aryl methyl sites for hydroxylation is 1.